The van der Waals surface area contributed by atoms with Gasteiger partial charge in [-0.25, -0.2) is 0 Å². The van der Waals surface area contributed by atoms with Crippen LogP contribution in [0, 0.1) is 29.1 Å². The largest absolute Gasteiger partial charge is 0.481 e. The maximum Gasteiger partial charge on any atom is 0.307 e. The Kier molecular flexibility index (Phi) is 2.59. The van der Waals surface area contributed by atoms with Gasteiger partial charge in [0.25, 0.3) is 0 Å². The molecule has 0 saturated heterocycles. The van der Waals surface area contributed by atoms with Crippen LogP contribution in [0.2, 0.25) is 0 Å². The fraction of sp³-hybridized carbons (Fsp3) is 0.824. The number of carbonyl (C=O) groups is 1. The smallest absolute Gasteiger partial charge is 0.307 e. The van der Waals surface area contributed by atoms with Crippen LogP contribution < -0.4 is 0 Å². The molecule has 4 bridgehead atoms. The van der Waals surface area contributed by atoms with Gasteiger partial charge in [0, 0.05) is 0 Å². The Balaban J connectivity index is 1.64. The van der Waals surface area contributed by atoms with Gasteiger partial charge in [0.2, 0.25) is 0 Å². The van der Waals surface area contributed by atoms with Gasteiger partial charge in [0.05, 0.1) is 6.42 Å². The third kappa shape index (κ3) is 2.04. The number of carboxylic acid groups (broad SMARTS) is 1. The molecule has 104 valence electrons. The Hall–Kier alpha value is -0.790. The lowest BCUT2D eigenvalue weighted by atomic mass is 9.47. The predicted molar refractivity (Wildman–Crippen MR) is 73.7 cm³/mol. The van der Waals surface area contributed by atoms with Crippen LogP contribution in [0.5, 0.6) is 0 Å². The highest BCUT2D eigenvalue weighted by atomic mass is 16.4. The second-order valence-electron chi connectivity index (χ2n) is 7.73. The van der Waals surface area contributed by atoms with Crippen LogP contribution >= 0.6 is 0 Å². The van der Waals surface area contributed by atoms with E-state index in [4.69, 9.17) is 5.11 Å². The molecule has 0 amide bonds. The minimum absolute atomic E-state index is 0.244. The summed E-state index contributed by atoms with van der Waals surface area (Å²) in [7, 11) is 0. The minimum atomic E-state index is -0.664. The molecule has 5 fully saturated rings. The van der Waals surface area contributed by atoms with Gasteiger partial charge in [-0.05, 0) is 80.5 Å². The van der Waals surface area contributed by atoms with Crippen molar-refractivity contribution < 1.29 is 9.90 Å². The Labute approximate surface area is 115 Å². The van der Waals surface area contributed by atoms with Gasteiger partial charge in [0.15, 0.2) is 0 Å². The van der Waals surface area contributed by atoms with Crippen molar-refractivity contribution in [2.45, 2.75) is 57.8 Å². The summed E-state index contributed by atoms with van der Waals surface area (Å²) >= 11 is 0. The summed E-state index contributed by atoms with van der Waals surface area (Å²) in [4.78, 5) is 10.9. The Bertz CT molecular complexity index is 395. The summed E-state index contributed by atoms with van der Waals surface area (Å²) < 4.78 is 0. The third-order valence-electron chi connectivity index (χ3n) is 6.16. The molecule has 2 heteroatoms. The molecule has 0 unspecified atom stereocenters. The minimum Gasteiger partial charge on any atom is -0.481 e. The standard InChI is InChI=1S/C17H24O2/c18-16(19)4-3-15(14-1-2-14)17-8-11-5-12(9-17)7-13(6-11)10-17/h3,11-14H,1-2,4-10H2,(H,18,19)/b15-3+. The van der Waals surface area contributed by atoms with E-state index in [2.05, 4.69) is 6.08 Å². The second-order valence-corrected chi connectivity index (χ2v) is 7.73. The lowest BCUT2D eigenvalue weighted by Crippen LogP contribution is -2.47. The first kappa shape index (κ1) is 12.0. The van der Waals surface area contributed by atoms with Gasteiger partial charge in [-0.1, -0.05) is 11.6 Å². The quantitative estimate of drug-likeness (QED) is 0.775. The Morgan fingerprint density at radius 3 is 2.00 bits per heavy atom. The van der Waals surface area contributed by atoms with Crippen LogP contribution in [-0.4, -0.2) is 11.1 Å². The first-order valence-corrected chi connectivity index (χ1v) is 8.07. The Morgan fingerprint density at radius 1 is 1.05 bits per heavy atom. The molecule has 0 aromatic carbocycles. The summed E-state index contributed by atoms with van der Waals surface area (Å²) in [5.41, 5.74) is 2.01. The van der Waals surface area contributed by atoms with Gasteiger partial charge in [0.1, 0.15) is 0 Å². The lowest BCUT2D eigenvalue weighted by molar-refractivity contribution is -0.136. The van der Waals surface area contributed by atoms with Gasteiger partial charge in [-0.2, -0.15) is 0 Å². The van der Waals surface area contributed by atoms with E-state index in [1.165, 1.54) is 51.4 Å². The highest BCUT2D eigenvalue weighted by Crippen LogP contribution is 2.65. The number of rotatable bonds is 4. The molecule has 5 saturated carbocycles. The lowest BCUT2D eigenvalue weighted by Gasteiger charge is -2.58. The van der Waals surface area contributed by atoms with Crippen molar-refractivity contribution in [2.75, 3.05) is 0 Å². The number of aliphatic carboxylic acids is 1. The first-order chi connectivity index (χ1) is 9.14. The summed E-state index contributed by atoms with van der Waals surface area (Å²) in [5, 5.41) is 9.00. The molecule has 5 aliphatic rings. The summed E-state index contributed by atoms with van der Waals surface area (Å²) in [6.45, 7) is 0. The van der Waals surface area contributed by atoms with Crippen LogP contribution in [0.25, 0.3) is 0 Å². The molecule has 1 N–H and O–H groups in total. The molecule has 0 heterocycles. The zero-order valence-corrected chi connectivity index (χ0v) is 11.6. The van der Waals surface area contributed by atoms with E-state index in [-0.39, 0.29) is 6.42 Å². The van der Waals surface area contributed by atoms with Gasteiger partial charge in [-0.15, -0.1) is 0 Å². The van der Waals surface area contributed by atoms with Crippen LogP contribution in [-0.2, 0) is 4.79 Å². The second kappa shape index (κ2) is 4.10. The Morgan fingerprint density at radius 2 is 1.58 bits per heavy atom. The van der Waals surface area contributed by atoms with E-state index in [1.807, 2.05) is 0 Å². The molecule has 5 aliphatic carbocycles. The molecule has 0 aliphatic heterocycles. The van der Waals surface area contributed by atoms with E-state index in [1.54, 1.807) is 5.57 Å². The van der Waals surface area contributed by atoms with Crippen LogP contribution in [0.1, 0.15) is 57.8 Å². The van der Waals surface area contributed by atoms with Crippen molar-refractivity contribution in [3.63, 3.8) is 0 Å². The number of carboxylic acids is 1. The van der Waals surface area contributed by atoms with E-state index >= 15 is 0 Å². The predicted octanol–water partition coefficient (Wildman–Crippen LogP) is 4.01. The number of hydrogen-bond donors (Lipinski definition) is 1. The van der Waals surface area contributed by atoms with Crippen molar-refractivity contribution in [1.82, 2.24) is 0 Å². The molecular weight excluding hydrogens is 236 g/mol. The van der Waals surface area contributed by atoms with Crippen molar-refractivity contribution in [2.24, 2.45) is 29.1 Å². The number of allylic oxidation sites excluding steroid dienone is 1. The molecule has 0 atom stereocenters. The van der Waals surface area contributed by atoms with Gasteiger partial charge in [-0.3, -0.25) is 4.79 Å². The highest BCUT2D eigenvalue weighted by Gasteiger charge is 2.54. The molecule has 2 nitrogen and oxygen atoms in total. The van der Waals surface area contributed by atoms with Crippen molar-refractivity contribution >= 4 is 5.97 Å². The van der Waals surface area contributed by atoms with Gasteiger partial charge >= 0.3 is 5.97 Å². The van der Waals surface area contributed by atoms with E-state index in [9.17, 15) is 4.79 Å². The average molecular weight is 260 g/mol. The zero-order valence-electron chi connectivity index (χ0n) is 11.6. The summed E-state index contributed by atoms with van der Waals surface area (Å²) in [6.07, 6.45) is 13.5. The van der Waals surface area contributed by atoms with E-state index in [0.717, 1.165) is 23.7 Å². The molecular formula is C17H24O2. The first-order valence-electron chi connectivity index (χ1n) is 8.07. The normalized spacial score (nSPS) is 44.6. The topological polar surface area (TPSA) is 37.3 Å². The molecule has 0 radical (unpaired) electrons. The highest BCUT2D eigenvalue weighted by molar-refractivity contribution is 5.68. The third-order valence-corrected chi connectivity index (χ3v) is 6.16. The number of hydrogen-bond acceptors (Lipinski definition) is 1. The fourth-order valence-corrected chi connectivity index (χ4v) is 5.87. The van der Waals surface area contributed by atoms with Crippen LogP contribution in [0.3, 0.4) is 0 Å². The van der Waals surface area contributed by atoms with E-state index < -0.39 is 5.97 Å². The maximum absolute atomic E-state index is 10.9. The molecule has 5 rings (SSSR count). The maximum atomic E-state index is 10.9. The monoisotopic (exact) mass is 260 g/mol. The van der Waals surface area contributed by atoms with E-state index in [0.29, 0.717) is 5.41 Å². The summed E-state index contributed by atoms with van der Waals surface area (Å²) in [6, 6.07) is 0. The van der Waals surface area contributed by atoms with Crippen LogP contribution in [0.15, 0.2) is 11.6 Å². The SMILES string of the molecule is O=C(O)C/C=C(\C1CC1)C12CC3CC(CC(C3)C1)C2. The zero-order chi connectivity index (χ0) is 13.0. The fourth-order valence-electron chi connectivity index (χ4n) is 5.87. The van der Waals surface area contributed by atoms with Crippen LogP contribution in [0.4, 0.5) is 0 Å². The van der Waals surface area contributed by atoms with Gasteiger partial charge < -0.3 is 5.11 Å². The average Bonchev–Trinajstić information content (AvgIpc) is 3.10. The summed E-state index contributed by atoms with van der Waals surface area (Å²) in [5.74, 6) is 2.95. The molecule has 0 aromatic heterocycles. The molecule has 0 spiro atoms. The van der Waals surface area contributed by atoms with Crippen molar-refractivity contribution in [1.29, 1.82) is 0 Å². The van der Waals surface area contributed by atoms with Crippen molar-refractivity contribution in [3.8, 4) is 0 Å². The molecule has 19 heavy (non-hydrogen) atoms. The molecule has 0 aromatic rings. The van der Waals surface area contributed by atoms with Crippen molar-refractivity contribution in [3.05, 3.63) is 11.6 Å².